The maximum Gasteiger partial charge on any atom is 0.0793 e. The number of hydrogen-bond donors (Lipinski definition) is 3. The van der Waals surface area contributed by atoms with Gasteiger partial charge >= 0.3 is 0 Å². The Balaban J connectivity index is 1.83. The SMILES string of the molecule is C[C@]12CCC(N)C=C1CC(O)C1=C2CC[C@]2(C)C(O)CC[C@@H]12. The third-order valence-corrected chi connectivity index (χ3v) is 7.46. The molecule has 0 saturated heterocycles. The van der Waals surface area contributed by atoms with Crippen molar-refractivity contribution in [3.63, 3.8) is 0 Å². The largest absolute Gasteiger partial charge is 0.393 e. The van der Waals surface area contributed by atoms with Crippen molar-refractivity contribution >= 4 is 0 Å². The van der Waals surface area contributed by atoms with Gasteiger partial charge in [-0.25, -0.2) is 0 Å². The average Bonchev–Trinajstić information content (AvgIpc) is 2.77. The van der Waals surface area contributed by atoms with Gasteiger partial charge in [0.1, 0.15) is 0 Å². The molecule has 122 valence electrons. The van der Waals surface area contributed by atoms with E-state index in [2.05, 4.69) is 19.9 Å². The van der Waals surface area contributed by atoms with E-state index < -0.39 is 0 Å². The van der Waals surface area contributed by atoms with Crippen LogP contribution < -0.4 is 5.73 Å². The quantitative estimate of drug-likeness (QED) is 0.603. The summed E-state index contributed by atoms with van der Waals surface area (Å²) in [5, 5.41) is 21.3. The molecule has 22 heavy (non-hydrogen) atoms. The highest BCUT2D eigenvalue weighted by Gasteiger charge is 2.55. The molecule has 0 amide bonds. The highest BCUT2D eigenvalue weighted by molar-refractivity contribution is 5.45. The van der Waals surface area contributed by atoms with Crippen molar-refractivity contribution in [1.82, 2.24) is 0 Å². The molecule has 0 aliphatic heterocycles. The van der Waals surface area contributed by atoms with Gasteiger partial charge in [-0.15, -0.1) is 0 Å². The number of aliphatic hydroxyl groups is 2. The van der Waals surface area contributed by atoms with Crippen LogP contribution in [0.4, 0.5) is 0 Å². The fourth-order valence-corrected chi connectivity index (χ4v) is 5.94. The number of nitrogens with two attached hydrogens (primary N) is 1. The minimum atomic E-state index is -0.366. The molecule has 0 aromatic carbocycles. The first-order valence-electron chi connectivity index (χ1n) is 8.92. The van der Waals surface area contributed by atoms with Gasteiger partial charge in [0.2, 0.25) is 0 Å². The number of hydrogen-bond acceptors (Lipinski definition) is 3. The summed E-state index contributed by atoms with van der Waals surface area (Å²) in [6.45, 7) is 4.59. The van der Waals surface area contributed by atoms with E-state index in [9.17, 15) is 10.2 Å². The van der Waals surface area contributed by atoms with Crippen molar-refractivity contribution in [2.45, 2.75) is 77.0 Å². The predicted octanol–water partition coefficient (Wildman–Crippen LogP) is 2.67. The molecule has 3 unspecified atom stereocenters. The Morgan fingerprint density at radius 3 is 2.68 bits per heavy atom. The summed E-state index contributed by atoms with van der Waals surface area (Å²) in [5.74, 6) is 0.371. The van der Waals surface area contributed by atoms with Crippen LogP contribution in [-0.4, -0.2) is 28.5 Å². The van der Waals surface area contributed by atoms with Crippen LogP contribution in [0.1, 0.15) is 58.8 Å². The van der Waals surface area contributed by atoms with Crippen molar-refractivity contribution in [2.75, 3.05) is 0 Å². The third-order valence-electron chi connectivity index (χ3n) is 7.46. The van der Waals surface area contributed by atoms with Gasteiger partial charge in [0, 0.05) is 16.9 Å². The van der Waals surface area contributed by atoms with E-state index in [4.69, 9.17) is 5.73 Å². The Kier molecular flexibility index (Phi) is 3.18. The van der Waals surface area contributed by atoms with Crippen molar-refractivity contribution in [2.24, 2.45) is 22.5 Å². The molecular formula is C19H29NO2. The average molecular weight is 303 g/mol. The second-order valence-corrected chi connectivity index (χ2v) is 8.53. The van der Waals surface area contributed by atoms with Crippen LogP contribution in [0.5, 0.6) is 0 Å². The fraction of sp³-hybridized carbons (Fsp3) is 0.789. The lowest BCUT2D eigenvalue weighted by atomic mass is 9.53. The van der Waals surface area contributed by atoms with Crippen LogP contribution in [-0.2, 0) is 0 Å². The minimum absolute atomic E-state index is 0.0253. The number of aliphatic hydroxyl groups excluding tert-OH is 2. The number of fused-ring (bicyclic) bond motifs is 4. The Bertz CT molecular complexity index is 566. The third kappa shape index (κ3) is 1.79. The fourth-order valence-electron chi connectivity index (χ4n) is 5.94. The molecule has 4 aliphatic rings. The van der Waals surface area contributed by atoms with Crippen LogP contribution in [0.2, 0.25) is 0 Å². The summed E-state index contributed by atoms with van der Waals surface area (Å²) < 4.78 is 0. The van der Waals surface area contributed by atoms with Gasteiger partial charge < -0.3 is 15.9 Å². The molecule has 3 heteroatoms. The molecule has 4 aliphatic carbocycles. The topological polar surface area (TPSA) is 66.5 Å². The summed E-state index contributed by atoms with van der Waals surface area (Å²) in [5.41, 5.74) is 10.4. The van der Waals surface area contributed by atoms with Gasteiger partial charge in [0.15, 0.2) is 0 Å². The lowest BCUT2D eigenvalue weighted by Crippen LogP contribution is -2.46. The van der Waals surface area contributed by atoms with Gasteiger partial charge in [0.05, 0.1) is 12.2 Å². The zero-order valence-electron chi connectivity index (χ0n) is 13.8. The zero-order chi connectivity index (χ0) is 15.7. The van der Waals surface area contributed by atoms with E-state index in [-0.39, 0.29) is 29.1 Å². The molecule has 0 aromatic rings. The number of allylic oxidation sites excluding steroid dienone is 1. The van der Waals surface area contributed by atoms with E-state index in [0.29, 0.717) is 5.92 Å². The van der Waals surface area contributed by atoms with Crippen LogP contribution in [0, 0.1) is 16.7 Å². The van der Waals surface area contributed by atoms with Gasteiger partial charge in [-0.1, -0.05) is 31.1 Å². The number of rotatable bonds is 0. The first kappa shape index (κ1) is 14.9. The van der Waals surface area contributed by atoms with Gasteiger partial charge in [-0.3, -0.25) is 0 Å². The molecule has 0 heterocycles. The predicted molar refractivity (Wildman–Crippen MR) is 87.1 cm³/mol. The van der Waals surface area contributed by atoms with E-state index in [1.807, 2.05) is 0 Å². The van der Waals surface area contributed by atoms with E-state index >= 15 is 0 Å². The second kappa shape index (κ2) is 4.68. The molecule has 1 fully saturated rings. The summed E-state index contributed by atoms with van der Waals surface area (Å²) in [6, 6.07) is 0.152. The Hall–Kier alpha value is -0.640. The highest BCUT2D eigenvalue weighted by atomic mass is 16.3. The van der Waals surface area contributed by atoms with Crippen LogP contribution in [0.3, 0.4) is 0 Å². The highest BCUT2D eigenvalue weighted by Crippen LogP contribution is 2.62. The first-order valence-corrected chi connectivity index (χ1v) is 8.92. The molecule has 0 spiro atoms. The maximum atomic E-state index is 10.9. The van der Waals surface area contributed by atoms with Crippen LogP contribution in [0.25, 0.3) is 0 Å². The van der Waals surface area contributed by atoms with Crippen LogP contribution in [0.15, 0.2) is 22.8 Å². The first-order chi connectivity index (χ1) is 10.4. The molecule has 6 atom stereocenters. The summed E-state index contributed by atoms with van der Waals surface area (Å²) in [7, 11) is 0. The molecule has 0 radical (unpaired) electrons. The van der Waals surface area contributed by atoms with Crippen molar-refractivity contribution in [1.29, 1.82) is 0 Å². The molecular weight excluding hydrogens is 274 g/mol. The van der Waals surface area contributed by atoms with Gasteiger partial charge in [0.25, 0.3) is 0 Å². The summed E-state index contributed by atoms with van der Waals surface area (Å²) in [6.07, 6.45) is 8.53. The smallest absolute Gasteiger partial charge is 0.0793 e. The molecule has 0 bridgehead atoms. The monoisotopic (exact) mass is 303 g/mol. The van der Waals surface area contributed by atoms with Crippen molar-refractivity contribution < 1.29 is 10.2 Å². The normalized spacial score (nSPS) is 51.0. The zero-order valence-corrected chi connectivity index (χ0v) is 13.8. The van der Waals surface area contributed by atoms with E-state index in [1.165, 1.54) is 16.7 Å². The Morgan fingerprint density at radius 2 is 1.91 bits per heavy atom. The summed E-state index contributed by atoms with van der Waals surface area (Å²) >= 11 is 0. The Labute approximate surface area is 133 Å². The van der Waals surface area contributed by atoms with Gasteiger partial charge in [-0.2, -0.15) is 0 Å². The molecule has 4 N–H and O–H groups in total. The van der Waals surface area contributed by atoms with E-state index in [1.54, 1.807) is 0 Å². The lowest BCUT2D eigenvalue weighted by Gasteiger charge is -2.52. The van der Waals surface area contributed by atoms with Crippen LogP contribution >= 0.6 is 0 Å². The standard InChI is InChI=1S/C19H29NO2/c1-18-7-5-12(20)9-11(18)10-15(21)17-13-3-4-16(22)19(13,2)8-6-14(17)18/h9,12-13,15-16,21-22H,3-8,10,20H2,1-2H3/t12?,13-,15?,16?,18-,19-/m0/s1. The Morgan fingerprint density at radius 1 is 1.14 bits per heavy atom. The maximum absolute atomic E-state index is 10.9. The molecule has 0 aromatic heterocycles. The molecule has 1 saturated carbocycles. The lowest BCUT2D eigenvalue weighted by molar-refractivity contribution is 0.0219. The van der Waals surface area contributed by atoms with E-state index in [0.717, 1.165) is 44.9 Å². The van der Waals surface area contributed by atoms with Crippen molar-refractivity contribution in [3.8, 4) is 0 Å². The minimum Gasteiger partial charge on any atom is -0.393 e. The van der Waals surface area contributed by atoms with Crippen molar-refractivity contribution in [3.05, 3.63) is 22.8 Å². The molecule has 3 nitrogen and oxygen atoms in total. The van der Waals surface area contributed by atoms with Gasteiger partial charge in [-0.05, 0) is 56.4 Å². The second-order valence-electron chi connectivity index (χ2n) is 8.53. The molecule has 4 rings (SSSR count). The summed E-state index contributed by atoms with van der Waals surface area (Å²) in [4.78, 5) is 0.